The van der Waals surface area contributed by atoms with Gasteiger partial charge in [-0.15, -0.1) is 0 Å². The lowest BCUT2D eigenvalue weighted by Gasteiger charge is -2.26. The summed E-state index contributed by atoms with van der Waals surface area (Å²) in [4.78, 5) is 0. The second kappa shape index (κ2) is 6.92. The average molecular weight is 313 g/mol. The van der Waals surface area contributed by atoms with E-state index in [2.05, 4.69) is 23.5 Å². The molecule has 4 heteroatoms. The van der Waals surface area contributed by atoms with Gasteiger partial charge in [-0.1, -0.05) is 24.3 Å². The molecule has 3 rings (SSSR count). The summed E-state index contributed by atoms with van der Waals surface area (Å²) in [5.74, 6) is 2.73. The maximum Gasteiger partial charge on any atom is 0.129 e. The van der Waals surface area contributed by atoms with Crippen LogP contribution in [0.15, 0.2) is 36.4 Å². The molecule has 1 N–H and O–H groups in total. The lowest BCUT2D eigenvalue weighted by molar-refractivity contribution is 0.237. The molecule has 0 saturated carbocycles. The van der Waals surface area contributed by atoms with E-state index in [4.69, 9.17) is 14.2 Å². The molecular formula is C19H23NO3. The molecule has 4 nitrogen and oxygen atoms in total. The molecule has 0 aliphatic carbocycles. The number of fused-ring (bicyclic) bond motifs is 1. The molecule has 0 fully saturated rings. The van der Waals surface area contributed by atoms with Gasteiger partial charge in [-0.2, -0.15) is 0 Å². The van der Waals surface area contributed by atoms with Gasteiger partial charge in [0.15, 0.2) is 0 Å². The summed E-state index contributed by atoms with van der Waals surface area (Å²) in [5, 5.41) is 3.57. The number of hydrogen-bond acceptors (Lipinski definition) is 4. The number of benzene rings is 2. The van der Waals surface area contributed by atoms with Crippen LogP contribution in [0.5, 0.6) is 17.2 Å². The highest BCUT2D eigenvalue weighted by atomic mass is 16.5. The molecule has 0 spiro atoms. The lowest BCUT2D eigenvalue weighted by atomic mass is 10.0. The molecule has 1 aliphatic rings. The van der Waals surface area contributed by atoms with E-state index in [-0.39, 0.29) is 0 Å². The van der Waals surface area contributed by atoms with Crippen LogP contribution < -0.4 is 19.5 Å². The predicted molar refractivity (Wildman–Crippen MR) is 90.6 cm³/mol. The van der Waals surface area contributed by atoms with Gasteiger partial charge in [-0.25, -0.2) is 0 Å². The van der Waals surface area contributed by atoms with Crippen molar-refractivity contribution in [2.24, 2.45) is 0 Å². The van der Waals surface area contributed by atoms with Crippen LogP contribution in [0.4, 0.5) is 0 Å². The maximum atomic E-state index is 5.83. The minimum Gasteiger partial charge on any atom is -0.496 e. The van der Waals surface area contributed by atoms with E-state index < -0.39 is 0 Å². The van der Waals surface area contributed by atoms with E-state index in [0.717, 1.165) is 41.3 Å². The van der Waals surface area contributed by atoms with Crippen molar-refractivity contribution in [2.75, 3.05) is 20.8 Å². The first-order valence-corrected chi connectivity index (χ1v) is 7.87. The Morgan fingerprint density at radius 2 is 1.96 bits per heavy atom. The third-order valence-electron chi connectivity index (χ3n) is 4.32. The van der Waals surface area contributed by atoms with Gasteiger partial charge >= 0.3 is 0 Å². The molecule has 0 aromatic heterocycles. The number of hydrogen-bond donors (Lipinski definition) is 1. The zero-order valence-electron chi connectivity index (χ0n) is 13.9. The third-order valence-corrected chi connectivity index (χ3v) is 4.32. The smallest absolute Gasteiger partial charge is 0.129 e. The van der Waals surface area contributed by atoms with Crippen molar-refractivity contribution in [3.8, 4) is 17.2 Å². The Morgan fingerprint density at radius 3 is 2.74 bits per heavy atom. The van der Waals surface area contributed by atoms with E-state index >= 15 is 0 Å². The Kier molecular flexibility index (Phi) is 4.72. The summed E-state index contributed by atoms with van der Waals surface area (Å²) in [7, 11) is 3.38. The number of methoxy groups -OCH3 is 2. The molecule has 2 aromatic rings. The Bertz CT molecular complexity index is 684. The standard InChI is InChI=1S/C19H23NO3/c1-13-17(21-2)9-8-15(19(13)22-3)11-20-16-10-14-6-4-5-7-18(14)23-12-16/h4-9,16,20H,10-12H2,1-3H3/t16-/m1/s1. The van der Waals surface area contributed by atoms with Gasteiger partial charge in [0.1, 0.15) is 23.9 Å². The molecule has 0 amide bonds. The quantitative estimate of drug-likeness (QED) is 0.921. The minimum absolute atomic E-state index is 0.303. The fourth-order valence-electron chi connectivity index (χ4n) is 3.09. The lowest BCUT2D eigenvalue weighted by Crippen LogP contribution is -2.38. The van der Waals surface area contributed by atoms with Gasteiger partial charge in [0.05, 0.1) is 14.2 Å². The Morgan fingerprint density at radius 1 is 1.13 bits per heavy atom. The maximum absolute atomic E-state index is 5.83. The minimum atomic E-state index is 0.303. The van der Waals surface area contributed by atoms with Crippen molar-refractivity contribution in [1.82, 2.24) is 5.32 Å². The van der Waals surface area contributed by atoms with Crippen LogP contribution in [0.3, 0.4) is 0 Å². The fraction of sp³-hybridized carbons (Fsp3) is 0.368. The highest BCUT2D eigenvalue weighted by Crippen LogP contribution is 2.31. The largest absolute Gasteiger partial charge is 0.496 e. The molecule has 1 atom stereocenters. The molecule has 1 aliphatic heterocycles. The third kappa shape index (κ3) is 3.27. The van der Waals surface area contributed by atoms with Gasteiger partial charge in [0, 0.05) is 23.7 Å². The second-order valence-electron chi connectivity index (χ2n) is 5.79. The van der Waals surface area contributed by atoms with Crippen LogP contribution in [0.1, 0.15) is 16.7 Å². The van der Waals surface area contributed by atoms with E-state index in [9.17, 15) is 0 Å². The fourth-order valence-corrected chi connectivity index (χ4v) is 3.09. The molecule has 0 saturated heterocycles. The summed E-state index contributed by atoms with van der Waals surface area (Å²) in [6, 6.07) is 12.6. The molecule has 2 aromatic carbocycles. The van der Waals surface area contributed by atoms with E-state index in [1.165, 1.54) is 5.56 Å². The zero-order valence-corrected chi connectivity index (χ0v) is 13.9. The number of rotatable bonds is 5. The van der Waals surface area contributed by atoms with Gasteiger partial charge < -0.3 is 19.5 Å². The van der Waals surface area contributed by atoms with Crippen LogP contribution in [0.2, 0.25) is 0 Å². The number of ether oxygens (including phenoxy) is 3. The van der Waals surface area contributed by atoms with Crippen molar-refractivity contribution in [1.29, 1.82) is 0 Å². The topological polar surface area (TPSA) is 39.7 Å². The Balaban J connectivity index is 1.69. The van der Waals surface area contributed by atoms with Crippen LogP contribution in [-0.4, -0.2) is 26.9 Å². The molecule has 23 heavy (non-hydrogen) atoms. The molecular weight excluding hydrogens is 290 g/mol. The van der Waals surface area contributed by atoms with E-state index in [0.29, 0.717) is 12.6 Å². The summed E-state index contributed by atoms with van der Waals surface area (Å²) in [6.45, 7) is 3.44. The van der Waals surface area contributed by atoms with Crippen molar-refractivity contribution < 1.29 is 14.2 Å². The summed E-state index contributed by atoms with van der Waals surface area (Å²) in [6.07, 6.45) is 0.980. The predicted octanol–water partition coefficient (Wildman–Crippen LogP) is 3.11. The Labute approximate surface area is 137 Å². The van der Waals surface area contributed by atoms with Crippen LogP contribution >= 0.6 is 0 Å². The van der Waals surface area contributed by atoms with Crippen molar-refractivity contribution in [3.63, 3.8) is 0 Å². The van der Waals surface area contributed by atoms with Gasteiger partial charge in [-0.05, 0) is 31.0 Å². The highest BCUT2D eigenvalue weighted by molar-refractivity contribution is 5.49. The average Bonchev–Trinajstić information content (AvgIpc) is 2.60. The first kappa shape index (κ1) is 15.7. The van der Waals surface area contributed by atoms with E-state index in [1.807, 2.05) is 25.1 Å². The summed E-state index contributed by atoms with van der Waals surface area (Å²) in [5.41, 5.74) is 3.42. The van der Waals surface area contributed by atoms with Gasteiger partial charge in [0.25, 0.3) is 0 Å². The first-order valence-electron chi connectivity index (χ1n) is 7.87. The summed E-state index contributed by atoms with van der Waals surface area (Å²) < 4.78 is 16.7. The molecule has 122 valence electrons. The summed E-state index contributed by atoms with van der Waals surface area (Å²) >= 11 is 0. The monoisotopic (exact) mass is 313 g/mol. The molecule has 0 radical (unpaired) electrons. The van der Waals surface area contributed by atoms with Crippen LogP contribution in [0, 0.1) is 6.92 Å². The van der Waals surface area contributed by atoms with Crippen LogP contribution in [0.25, 0.3) is 0 Å². The normalized spacial score (nSPS) is 16.4. The zero-order chi connectivity index (χ0) is 16.2. The van der Waals surface area contributed by atoms with Crippen molar-refractivity contribution in [3.05, 3.63) is 53.1 Å². The molecule has 0 bridgehead atoms. The number of para-hydroxylation sites is 1. The second-order valence-corrected chi connectivity index (χ2v) is 5.79. The van der Waals surface area contributed by atoms with Gasteiger partial charge in [0.2, 0.25) is 0 Å². The van der Waals surface area contributed by atoms with Crippen molar-refractivity contribution >= 4 is 0 Å². The number of nitrogens with one attached hydrogen (secondary N) is 1. The van der Waals surface area contributed by atoms with Crippen LogP contribution in [-0.2, 0) is 13.0 Å². The highest BCUT2D eigenvalue weighted by Gasteiger charge is 2.20. The molecule has 1 heterocycles. The Hall–Kier alpha value is -2.20. The first-order chi connectivity index (χ1) is 11.2. The SMILES string of the molecule is COc1ccc(CN[C@H]2COc3ccccc3C2)c(OC)c1C. The van der Waals surface area contributed by atoms with Crippen molar-refractivity contribution in [2.45, 2.75) is 25.9 Å². The molecule has 0 unspecified atom stereocenters. The van der Waals surface area contributed by atoms with E-state index in [1.54, 1.807) is 14.2 Å². The van der Waals surface area contributed by atoms with Gasteiger partial charge in [-0.3, -0.25) is 0 Å².